The van der Waals surface area contributed by atoms with E-state index in [-0.39, 0.29) is 12.5 Å². The minimum absolute atomic E-state index is 0.220. The van der Waals surface area contributed by atoms with E-state index in [0.717, 1.165) is 10.9 Å². The van der Waals surface area contributed by atoms with Crippen molar-refractivity contribution in [3.63, 3.8) is 0 Å². The molecule has 3 nitrogen and oxygen atoms in total. The monoisotopic (exact) mass is 237 g/mol. The highest BCUT2D eigenvalue weighted by molar-refractivity contribution is 6.35. The van der Waals surface area contributed by atoms with Crippen molar-refractivity contribution in [1.29, 1.82) is 0 Å². The van der Waals surface area contributed by atoms with Crippen LogP contribution >= 0.6 is 11.6 Å². The van der Waals surface area contributed by atoms with E-state index in [1.165, 1.54) is 0 Å². The summed E-state index contributed by atoms with van der Waals surface area (Å²) in [6, 6.07) is 7.53. The summed E-state index contributed by atoms with van der Waals surface area (Å²) < 4.78 is 6.73. The van der Waals surface area contributed by atoms with Crippen molar-refractivity contribution in [2.24, 2.45) is 0 Å². The molecule has 0 radical (unpaired) electrons. The summed E-state index contributed by atoms with van der Waals surface area (Å²) in [5.74, 6) is -0.236. The predicted molar refractivity (Wildman–Crippen MR) is 63.6 cm³/mol. The Labute approximate surface area is 98.6 Å². The molecule has 2 aromatic rings. The highest BCUT2D eigenvalue weighted by Gasteiger charge is 2.07. The number of ether oxygens (including phenoxy) is 1. The normalized spacial score (nSPS) is 10.6. The lowest BCUT2D eigenvalue weighted by atomic mass is 10.2. The van der Waals surface area contributed by atoms with E-state index in [0.29, 0.717) is 11.6 Å². The molecule has 1 aromatic carbocycles. The number of esters is 1. The first-order valence-corrected chi connectivity index (χ1v) is 5.49. The summed E-state index contributed by atoms with van der Waals surface area (Å²) in [4.78, 5) is 11.4. The molecule has 0 spiro atoms. The summed E-state index contributed by atoms with van der Waals surface area (Å²) in [7, 11) is 0. The lowest BCUT2D eigenvalue weighted by molar-refractivity contribution is -0.143. The maximum Gasteiger partial charge on any atom is 0.325 e. The summed E-state index contributed by atoms with van der Waals surface area (Å²) in [6.45, 7) is 2.42. The standard InChI is InChI=1S/C12H12ClNO2/c1-2-16-12(15)8-14-7-6-9-10(13)4-3-5-11(9)14/h3-7H,2,8H2,1H3. The average molecular weight is 238 g/mol. The fourth-order valence-electron chi connectivity index (χ4n) is 1.67. The van der Waals surface area contributed by atoms with Crippen LogP contribution in [0.25, 0.3) is 10.9 Å². The third-order valence-electron chi connectivity index (χ3n) is 2.37. The number of carbonyl (C=O) groups is 1. The quantitative estimate of drug-likeness (QED) is 0.769. The smallest absolute Gasteiger partial charge is 0.325 e. The summed E-state index contributed by atoms with van der Waals surface area (Å²) >= 11 is 6.04. The van der Waals surface area contributed by atoms with Crippen LogP contribution in [0, 0.1) is 0 Å². The molecule has 4 heteroatoms. The minimum Gasteiger partial charge on any atom is -0.465 e. The molecule has 0 fully saturated rings. The van der Waals surface area contributed by atoms with Gasteiger partial charge in [0.2, 0.25) is 0 Å². The molecule has 0 unspecified atom stereocenters. The summed E-state index contributed by atoms with van der Waals surface area (Å²) in [5, 5.41) is 1.65. The van der Waals surface area contributed by atoms with Gasteiger partial charge in [0.15, 0.2) is 0 Å². The number of fused-ring (bicyclic) bond motifs is 1. The molecule has 2 rings (SSSR count). The topological polar surface area (TPSA) is 31.2 Å². The SMILES string of the molecule is CCOC(=O)Cn1ccc2c(Cl)cccc21. The van der Waals surface area contributed by atoms with Gasteiger partial charge in [-0.1, -0.05) is 17.7 Å². The Morgan fingerprint density at radius 1 is 1.44 bits per heavy atom. The Bertz CT molecular complexity index is 519. The Balaban J connectivity index is 2.32. The molecule has 1 aromatic heterocycles. The van der Waals surface area contributed by atoms with Crippen LogP contribution in [0.4, 0.5) is 0 Å². The molecule has 0 atom stereocenters. The number of nitrogens with zero attached hydrogens (tertiary/aromatic N) is 1. The van der Waals surface area contributed by atoms with E-state index in [2.05, 4.69) is 0 Å². The molecule has 84 valence electrons. The lowest BCUT2D eigenvalue weighted by Gasteiger charge is -2.05. The molecule has 0 aliphatic heterocycles. The molecule has 0 aliphatic carbocycles. The Morgan fingerprint density at radius 3 is 3.00 bits per heavy atom. The van der Waals surface area contributed by atoms with Crippen LogP contribution in [0.1, 0.15) is 6.92 Å². The van der Waals surface area contributed by atoms with Crippen molar-refractivity contribution in [1.82, 2.24) is 4.57 Å². The molecule has 0 saturated heterocycles. The number of hydrogen-bond donors (Lipinski definition) is 0. The Hall–Kier alpha value is -1.48. The van der Waals surface area contributed by atoms with Gasteiger partial charge >= 0.3 is 5.97 Å². The van der Waals surface area contributed by atoms with Gasteiger partial charge in [-0.15, -0.1) is 0 Å². The maximum atomic E-state index is 11.4. The minimum atomic E-state index is -0.236. The molecule has 0 N–H and O–H groups in total. The van der Waals surface area contributed by atoms with Crippen molar-refractivity contribution >= 4 is 28.5 Å². The molecule has 0 bridgehead atoms. The van der Waals surface area contributed by atoms with Crippen molar-refractivity contribution < 1.29 is 9.53 Å². The third kappa shape index (κ3) is 2.04. The molecule has 0 aliphatic rings. The molecular weight excluding hydrogens is 226 g/mol. The largest absolute Gasteiger partial charge is 0.465 e. The second-order valence-corrected chi connectivity index (χ2v) is 3.83. The van der Waals surface area contributed by atoms with Gasteiger partial charge in [0.1, 0.15) is 6.54 Å². The van der Waals surface area contributed by atoms with E-state index >= 15 is 0 Å². The lowest BCUT2D eigenvalue weighted by Crippen LogP contribution is -2.12. The van der Waals surface area contributed by atoms with E-state index in [9.17, 15) is 4.79 Å². The number of carbonyl (C=O) groups excluding carboxylic acids is 1. The van der Waals surface area contributed by atoms with Gasteiger partial charge in [0.05, 0.1) is 12.1 Å². The van der Waals surface area contributed by atoms with Crippen molar-refractivity contribution in [2.45, 2.75) is 13.5 Å². The highest BCUT2D eigenvalue weighted by Crippen LogP contribution is 2.24. The zero-order valence-electron chi connectivity index (χ0n) is 8.94. The molecule has 16 heavy (non-hydrogen) atoms. The van der Waals surface area contributed by atoms with E-state index < -0.39 is 0 Å². The zero-order valence-corrected chi connectivity index (χ0v) is 9.70. The number of aromatic nitrogens is 1. The van der Waals surface area contributed by atoms with Gasteiger partial charge < -0.3 is 9.30 Å². The average Bonchev–Trinajstić information content (AvgIpc) is 2.64. The number of benzene rings is 1. The van der Waals surface area contributed by atoms with Gasteiger partial charge in [-0.2, -0.15) is 0 Å². The van der Waals surface area contributed by atoms with Crippen LogP contribution in [0.3, 0.4) is 0 Å². The summed E-state index contributed by atoms with van der Waals surface area (Å²) in [6.07, 6.45) is 1.84. The molecular formula is C12H12ClNO2. The third-order valence-corrected chi connectivity index (χ3v) is 2.69. The second-order valence-electron chi connectivity index (χ2n) is 3.42. The fraction of sp³-hybridized carbons (Fsp3) is 0.250. The first-order chi connectivity index (χ1) is 7.72. The number of halogens is 1. The van der Waals surface area contributed by atoms with Crippen LogP contribution in [-0.2, 0) is 16.1 Å². The van der Waals surface area contributed by atoms with Crippen molar-refractivity contribution in [3.05, 3.63) is 35.5 Å². The molecule has 1 heterocycles. The van der Waals surface area contributed by atoms with Crippen LogP contribution in [0.2, 0.25) is 5.02 Å². The van der Waals surface area contributed by atoms with Crippen molar-refractivity contribution in [3.8, 4) is 0 Å². The van der Waals surface area contributed by atoms with Crippen LogP contribution < -0.4 is 0 Å². The summed E-state index contributed by atoms with van der Waals surface area (Å²) in [5.41, 5.74) is 0.945. The fourth-order valence-corrected chi connectivity index (χ4v) is 1.90. The Morgan fingerprint density at radius 2 is 2.25 bits per heavy atom. The zero-order chi connectivity index (χ0) is 11.5. The first-order valence-electron chi connectivity index (χ1n) is 5.11. The highest BCUT2D eigenvalue weighted by atomic mass is 35.5. The van der Waals surface area contributed by atoms with E-state index in [1.807, 2.05) is 35.0 Å². The second kappa shape index (κ2) is 4.58. The molecule has 0 saturated carbocycles. The van der Waals surface area contributed by atoms with E-state index in [4.69, 9.17) is 16.3 Å². The van der Waals surface area contributed by atoms with Gasteiger partial charge in [-0.05, 0) is 25.1 Å². The van der Waals surface area contributed by atoms with Crippen LogP contribution in [0.15, 0.2) is 30.5 Å². The predicted octanol–water partition coefficient (Wildman–Crippen LogP) is 2.86. The van der Waals surface area contributed by atoms with Crippen LogP contribution in [-0.4, -0.2) is 17.1 Å². The number of hydrogen-bond acceptors (Lipinski definition) is 2. The van der Waals surface area contributed by atoms with Crippen LogP contribution in [0.5, 0.6) is 0 Å². The molecule has 0 amide bonds. The first kappa shape index (κ1) is 11.0. The van der Waals surface area contributed by atoms with Gasteiger partial charge in [-0.25, -0.2) is 0 Å². The number of rotatable bonds is 3. The maximum absolute atomic E-state index is 11.4. The van der Waals surface area contributed by atoms with E-state index in [1.54, 1.807) is 6.92 Å². The van der Waals surface area contributed by atoms with Crippen molar-refractivity contribution in [2.75, 3.05) is 6.61 Å². The van der Waals surface area contributed by atoms with Gasteiger partial charge in [0.25, 0.3) is 0 Å². The van der Waals surface area contributed by atoms with Gasteiger partial charge in [-0.3, -0.25) is 4.79 Å². The Kier molecular flexibility index (Phi) is 3.15. The van der Waals surface area contributed by atoms with Gasteiger partial charge in [0, 0.05) is 16.6 Å².